The minimum absolute atomic E-state index is 0. The molecule has 0 aliphatic rings. The Kier molecular flexibility index (Phi) is 5.87. The molecule has 0 aliphatic heterocycles. The second kappa shape index (κ2) is 6.18. The molecule has 4 N–H and O–H groups in total. The predicted molar refractivity (Wildman–Crippen MR) is 59.2 cm³/mol. The fourth-order valence-electron chi connectivity index (χ4n) is 1.48. The Morgan fingerprint density at radius 2 is 1.82 bits per heavy atom. The third-order valence-corrected chi connectivity index (χ3v) is 2.21. The molecule has 0 heterocycles. The maximum absolute atomic E-state index is 13.1. The summed E-state index contributed by atoms with van der Waals surface area (Å²) in [5.74, 6) is -1.31. The van der Waals surface area contributed by atoms with Crippen molar-refractivity contribution in [3.63, 3.8) is 0 Å². The van der Waals surface area contributed by atoms with E-state index in [0.29, 0.717) is 0 Å². The van der Waals surface area contributed by atoms with Crippen LogP contribution in [0.2, 0.25) is 0 Å². The van der Waals surface area contributed by atoms with Crippen LogP contribution in [0, 0.1) is 5.82 Å². The summed E-state index contributed by atoms with van der Waals surface area (Å²) < 4.78 is 50.9. The number of nitrogens with two attached hydrogens (primary N) is 2. The summed E-state index contributed by atoms with van der Waals surface area (Å²) in [6.07, 6.45) is -4.57. The molecule has 1 atom stereocenters. The van der Waals surface area contributed by atoms with Gasteiger partial charge in [0.15, 0.2) is 0 Å². The van der Waals surface area contributed by atoms with Crippen molar-refractivity contribution < 1.29 is 17.6 Å². The highest BCUT2D eigenvalue weighted by Gasteiger charge is 2.37. The SMILES string of the molecule is Cl.NCC[C@H](N)c1cccc(F)c1C(F)(F)F. The molecule has 0 radical (unpaired) electrons. The maximum atomic E-state index is 13.1. The summed E-state index contributed by atoms with van der Waals surface area (Å²) in [5, 5.41) is 0. The summed E-state index contributed by atoms with van der Waals surface area (Å²) in [6, 6.07) is 2.24. The van der Waals surface area contributed by atoms with Gasteiger partial charge in [0.2, 0.25) is 0 Å². The lowest BCUT2D eigenvalue weighted by atomic mass is 9.98. The van der Waals surface area contributed by atoms with Crippen molar-refractivity contribution >= 4 is 12.4 Å². The average molecular weight is 273 g/mol. The highest BCUT2D eigenvalue weighted by atomic mass is 35.5. The van der Waals surface area contributed by atoms with E-state index in [1.165, 1.54) is 12.1 Å². The van der Waals surface area contributed by atoms with Gasteiger partial charge in [-0.1, -0.05) is 12.1 Å². The van der Waals surface area contributed by atoms with E-state index in [4.69, 9.17) is 11.5 Å². The zero-order chi connectivity index (χ0) is 12.3. The largest absolute Gasteiger partial charge is 0.419 e. The molecule has 1 rings (SSSR count). The number of hydrogen-bond acceptors (Lipinski definition) is 2. The van der Waals surface area contributed by atoms with Crippen LogP contribution in [-0.4, -0.2) is 6.54 Å². The molecule has 17 heavy (non-hydrogen) atoms. The van der Waals surface area contributed by atoms with Crippen LogP contribution >= 0.6 is 12.4 Å². The lowest BCUT2D eigenvalue weighted by Crippen LogP contribution is -2.21. The van der Waals surface area contributed by atoms with Crippen molar-refractivity contribution in [3.8, 4) is 0 Å². The van der Waals surface area contributed by atoms with E-state index in [1.54, 1.807) is 0 Å². The highest BCUT2D eigenvalue weighted by molar-refractivity contribution is 5.85. The molecule has 2 nitrogen and oxygen atoms in total. The first-order valence-electron chi connectivity index (χ1n) is 4.69. The third-order valence-electron chi connectivity index (χ3n) is 2.21. The van der Waals surface area contributed by atoms with Gasteiger partial charge in [0.05, 0.1) is 5.56 Å². The molecule has 1 aromatic carbocycles. The van der Waals surface area contributed by atoms with Crippen molar-refractivity contribution in [2.75, 3.05) is 6.54 Å². The molecular formula is C10H13ClF4N2. The molecule has 0 spiro atoms. The van der Waals surface area contributed by atoms with Crippen LogP contribution in [0.25, 0.3) is 0 Å². The Labute approximate surface area is 102 Å². The summed E-state index contributed by atoms with van der Waals surface area (Å²) >= 11 is 0. The Morgan fingerprint density at radius 3 is 2.29 bits per heavy atom. The predicted octanol–water partition coefficient (Wildman–Crippen LogP) is 2.61. The molecule has 0 bridgehead atoms. The molecule has 1 aromatic rings. The minimum atomic E-state index is -4.74. The van der Waals surface area contributed by atoms with E-state index in [0.717, 1.165) is 6.07 Å². The second-order valence-corrected chi connectivity index (χ2v) is 3.39. The summed E-state index contributed by atoms with van der Waals surface area (Å²) in [5.41, 5.74) is 9.19. The van der Waals surface area contributed by atoms with Crippen molar-refractivity contribution in [3.05, 3.63) is 35.1 Å². The van der Waals surface area contributed by atoms with Gasteiger partial charge in [-0.15, -0.1) is 12.4 Å². The fourth-order valence-corrected chi connectivity index (χ4v) is 1.48. The van der Waals surface area contributed by atoms with Gasteiger partial charge in [-0.3, -0.25) is 0 Å². The highest BCUT2D eigenvalue weighted by Crippen LogP contribution is 2.36. The van der Waals surface area contributed by atoms with E-state index in [1.807, 2.05) is 0 Å². The Balaban J connectivity index is 0.00000256. The van der Waals surface area contributed by atoms with Crippen molar-refractivity contribution in [2.24, 2.45) is 11.5 Å². The Hall–Kier alpha value is -0.850. The van der Waals surface area contributed by atoms with Crippen LogP contribution < -0.4 is 11.5 Å². The molecule has 98 valence electrons. The van der Waals surface area contributed by atoms with Crippen LogP contribution in [-0.2, 0) is 6.18 Å². The minimum Gasteiger partial charge on any atom is -0.330 e. The molecule has 0 saturated heterocycles. The summed E-state index contributed by atoms with van der Waals surface area (Å²) in [4.78, 5) is 0. The van der Waals surface area contributed by atoms with Gasteiger partial charge in [-0.25, -0.2) is 4.39 Å². The molecule has 0 unspecified atom stereocenters. The molecule has 0 aromatic heterocycles. The van der Waals surface area contributed by atoms with Gasteiger partial charge in [-0.05, 0) is 24.6 Å². The monoisotopic (exact) mass is 272 g/mol. The first-order valence-corrected chi connectivity index (χ1v) is 4.69. The number of alkyl halides is 3. The maximum Gasteiger partial charge on any atom is 0.419 e. The number of benzene rings is 1. The van der Waals surface area contributed by atoms with E-state index < -0.39 is 23.6 Å². The van der Waals surface area contributed by atoms with E-state index in [2.05, 4.69) is 0 Å². The summed E-state index contributed by atoms with van der Waals surface area (Å²) in [7, 11) is 0. The van der Waals surface area contributed by atoms with Gasteiger partial charge < -0.3 is 11.5 Å². The van der Waals surface area contributed by atoms with Crippen LogP contribution in [0.1, 0.15) is 23.6 Å². The van der Waals surface area contributed by atoms with Crippen LogP contribution in [0.4, 0.5) is 17.6 Å². The Bertz CT molecular complexity index is 368. The van der Waals surface area contributed by atoms with Gasteiger partial charge in [0.25, 0.3) is 0 Å². The molecule has 0 amide bonds. The standard InChI is InChI=1S/C10H12F4N2.ClH/c11-7-3-1-2-6(8(16)4-5-15)9(7)10(12,13)14;/h1-3,8H,4-5,15-16H2;1H/t8-;/m0./s1. The normalized spacial score (nSPS) is 13.1. The number of rotatable bonds is 3. The van der Waals surface area contributed by atoms with Gasteiger partial charge in [0, 0.05) is 6.04 Å². The molecule has 7 heteroatoms. The second-order valence-electron chi connectivity index (χ2n) is 3.39. The van der Waals surface area contributed by atoms with Crippen LogP contribution in [0.15, 0.2) is 18.2 Å². The topological polar surface area (TPSA) is 52.0 Å². The van der Waals surface area contributed by atoms with Gasteiger partial charge >= 0.3 is 6.18 Å². The molecular weight excluding hydrogens is 260 g/mol. The number of halogens is 5. The Morgan fingerprint density at radius 1 is 1.24 bits per heavy atom. The lowest BCUT2D eigenvalue weighted by Gasteiger charge is -2.18. The van der Waals surface area contributed by atoms with Crippen molar-refractivity contribution in [1.29, 1.82) is 0 Å². The first-order chi connectivity index (χ1) is 7.38. The van der Waals surface area contributed by atoms with E-state index >= 15 is 0 Å². The van der Waals surface area contributed by atoms with Crippen LogP contribution in [0.3, 0.4) is 0 Å². The van der Waals surface area contributed by atoms with E-state index in [-0.39, 0.29) is 30.9 Å². The zero-order valence-corrected chi connectivity index (χ0v) is 9.61. The molecule has 0 aliphatic carbocycles. The zero-order valence-electron chi connectivity index (χ0n) is 8.80. The first kappa shape index (κ1) is 16.1. The smallest absolute Gasteiger partial charge is 0.330 e. The summed E-state index contributed by atoms with van der Waals surface area (Å²) in [6.45, 7) is 0.148. The van der Waals surface area contributed by atoms with Crippen LogP contribution in [0.5, 0.6) is 0 Å². The van der Waals surface area contributed by atoms with Crippen molar-refractivity contribution in [1.82, 2.24) is 0 Å². The third kappa shape index (κ3) is 3.83. The molecule has 0 saturated carbocycles. The van der Waals surface area contributed by atoms with Gasteiger partial charge in [-0.2, -0.15) is 13.2 Å². The van der Waals surface area contributed by atoms with Crippen molar-refractivity contribution in [2.45, 2.75) is 18.6 Å². The lowest BCUT2D eigenvalue weighted by molar-refractivity contribution is -0.140. The quantitative estimate of drug-likeness (QED) is 0.831. The van der Waals surface area contributed by atoms with Gasteiger partial charge in [0.1, 0.15) is 5.82 Å². The van der Waals surface area contributed by atoms with E-state index in [9.17, 15) is 17.6 Å². The fraction of sp³-hybridized carbons (Fsp3) is 0.400. The number of hydrogen-bond donors (Lipinski definition) is 2. The average Bonchev–Trinajstić information content (AvgIpc) is 2.15. The molecule has 0 fully saturated rings.